The average molecular weight is 216 g/mol. The summed E-state index contributed by atoms with van der Waals surface area (Å²) in [6.45, 7) is 5.82. The lowest BCUT2D eigenvalue weighted by Crippen LogP contribution is -2.11. The minimum atomic E-state index is -4.59. The van der Waals surface area contributed by atoms with Crippen LogP contribution in [0.25, 0.3) is 0 Å². The van der Waals surface area contributed by atoms with Crippen LogP contribution < -0.4 is 0 Å². The van der Waals surface area contributed by atoms with Crippen LogP contribution >= 0.6 is 0 Å². The van der Waals surface area contributed by atoms with Gasteiger partial charge in [0.05, 0.1) is 4.90 Å². The first kappa shape index (κ1) is 11.2. The highest BCUT2D eigenvalue weighted by molar-refractivity contribution is 7.86. The molecule has 0 amide bonds. The molecule has 0 spiro atoms. The molecule has 14 heavy (non-hydrogen) atoms. The van der Waals surface area contributed by atoms with Crippen LogP contribution in [0.2, 0.25) is 0 Å². The van der Waals surface area contributed by atoms with Gasteiger partial charge in [0.25, 0.3) is 0 Å². The van der Waals surface area contributed by atoms with Gasteiger partial charge in [-0.1, -0.05) is 32.9 Å². The summed E-state index contributed by atoms with van der Waals surface area (Å²) in [5.41, 5.74) is 0.622. The van der Waals surface area contributed by atoms with Crippen LogP contribution in [0.1, 0.15) is 26.3 Å². The van der Waals surface area contributed by atoms with Gasteiger partial charge in [-0.15, -0.1) is 3.89 Å². The molecule has 1 rings (SSSR count). The van der Waals surface area contributed by atoms with Gasteiger partial charge in [-0.05, 0) is 23.1 Å². The van der Waals surface area contributed by atoms with Gasteiger partial charge in [0.2, 0.25) is 0 Å². The third kappa shape index (κ3) is 2.54. The highest BCUT2D eigenvalue weighted by Crippen LogP contribution is 2.24. The molecular formula is C10H13FO2S. The van der Waals surface area contributed by atoms with Gasteiger partial charge in [-0.2, -0.15) is 8.42 Å². The molecule has 0 fully saturated rings. The zero-order valence-corrected chi connectivity index (χ0v) is 9.23. The molecule has 78 valence electrons. The van der Waals surface area contributed by atoms with Crippen molar-refractivity contribution in [3.8, 4) is 0 Å². The van der Waals surface area contributed by atoms with Crippen molar-refractivity contribution in [1.29, 1.82) is 0 Å². The number of rotatable bonds is 1. The van der Waals surface area contributed by atoms with Crippen LogP contribution in [0.15, 0.2) is 29.2 Å². The Balaban J connectivity index is 3.29. The molecule has 1 aromatic carbocycles. The lowest BCUT2D eigenvalue weighted by atomic mass is 9.87. The minimum absolute atomic E-state index is 0.180. The summed E-state index contributed by atoms with van der Waals surface area (Å²) in [5.74, 6) is 0. The van der Waals surface area contributed by atoms with E-state index in [1.165, 1.54) is 12.1 Å². The van der Waals surface area contributed by atoms with Crippen LogP contribution in [0.3, 0.4) is 0 Å². The zero-order chi connectivity index (χ0) is 11.0. The summed E-state index contributed by atoms with van der Waals surface area (Å²) in [4.78, 5) is -0.273. The molecule has 1 aromatic rings. The molecule has 0 radical (unpaired) electrons. The van der Waals surface area contributed by atoms with Crippen molar-refractivity contribution in [2.45, 2.75) is 31.1 Å². The molecule has 0 bridgehead atoms. The Bertz CT molecular complexity index is 430. The fourth-order valence-electron chi connectivity index (χ4n) is 1.11. The Morgan fingerprint density at radius 2 is 1.79 bits per heavy atom. The molecule has 4 heteroatoms. The van der Waals surface area contributed by atoms with E-state index in [9.17, 15) is 12.3 Å². The van der Waals surface area contributed by atoms with E-state index < -0.39 is 10.2 Å². The fraction of sp³-hybridized carbons (Fsp3) is 0.400. The first-order chi connectivity index (χ1) is 6.21. The van der Waals surface area contributed by atoms with E-state index in [-0.39, 0.29) is 10.3 Å². The van der Waals surface area contributed by atoms with Crippen molar-refractivity contribution in [3.05, 3.63) is 29.8 Å². The highest BCUT2D eigenvalue weighted by atomic mass is 32.3. The van der Waals surface area contributed by atoms with Gasteiger partial charge in [-0.25, -0.2) is 0 Å². The third-order valence-corrected chi connectivity index (χ3v) is 2.80. The second-order valence-electron chi connectivity index (χ2n) is 4.22. The van der Waals surface area contributed by atoms with Gasteiger partial charge in [0.15, 0.2) is 0 Å². The lowest BCUT2D eigenvalue weighted by Gasteiger charge is -2.18. The normalized spacial score (nSPS) is 12.9. The van der Waals surface area contributed by atoms with E-state index >= 15 is 0 Å². The standard InChI is InChI=1S/C10H13FO2S/c1-10(2,3)8-5-4-6-9(7-8)14(11,12)13/h4-7H,1-3H3. The minimum Gasteiger partial charge on any atom is -0.189 e. The van der Waals surface area contributed by atoms with E-state index in [0.717, 1.165) is 5.56 Å². The second-order valence-corrected chi connectivity index (χ2v) is 5.56. The number of hydrogen-bond acceptors (Lipinski definition) is 2. The Labute approximate surface area is 84.0 Å². The topological polar surface area (TPSA) is 34.1 Å². The van der Waals surface area contributed by atoms with Crippen LogP contribution in [-0.2, 0) is 15.6 Å². The van der Waals surface area contributed by atoms with Crippen molar-refractivity contribution >= 4 is 10.2 Å². The first-order valence-corrected chi connectivity index (χ1v) is 5.65. The summed E-state index contributed by atoms with van der Waals surface area (Å²) in [6, 6.07) is 5.96. The molecule has 0 aromatic heterocycles. The summed E-state index contributed by atoms with van der Waals surface area (Å²) in [5, 5.41) is 0. The Morgan fingerprint density at radius 1 is 1.21 bits per heavy atom. The van der Waals surface area contributed by atoms with E-state index in [1.807, 2.05) is 20.8 Å². The predicted molar refractivity (Wildman–Crippen MR) is 53.4 cm³/mol. The van der Waals surface area contributed by atoms with Gasteiger partial charge in [-0.3, -0.25) is 0 Å². The third-order valence-electron chi connectivity index (χ3n) is 1.98. The van der Waals surface area contributed by atoms with E-state index in [4.69, 9.17) is 0 Å². The summed E-state index contributed by atoms with van der Waals surface area (Å²) >= 11 is 0. The maximum absolute atomic E-state index is 12.7. The van der Waals surface area contributed by atoms with E-state index in [0.29, 0.717) is 0 Å². The van der Waals surface area contributed by atoms with Crippen LogP contribution in [-0.4, -0.2) is 8.42 Å². The van der Waals surface area contributed by atoms with E-state index in [1.54, 1.807) is 12.1 Å². The molecule has 0 atom stereocenters. The van der Waals surface area contributed by atoms with Crippen molar-refractivity contribution in [2.24, 2.45) is 0 Å². The first-order valence-electron chi connectivity index (χ1n) is 4.26. The molecule has 0 aliphatic rings. The molecule has 0 heterocycles. The van der Waals surface area contributed by atoms with Gasteiger partial charge >= 0.3 is 10.2 Å². The van der Waals surface area contributed by atoms with Gasteiger partial charge in [0, 0.05) is 0 Å². The lowest BCUT2D eigenvalue weighted by molar-refractivity contribution is 0.550. The SMILES string of the molecule is CC(C)(C)c1cccc(S(=O)(=O)F)c1. The molecule has 0 saturated carbocycles. The van der Waals surface area contributed by atoms with Crippen LogP contribution in [0, 0.1) is 0 Å². The van der Waals surface area contributed by atoms with Gasteiger partial charge < -0.3 is 0 Å². The van der Waals surface area contributed by atoms with Crippen LogP contribution in [0.5, 0.6) is 0 Å². The average Bonchev–Trinajstić information content (AvgIpc) is 2.01. The molecule has 2 nitrogen and oxygen atoms in total. The van der Waals surface area contributed by atoms with Crippen molar-refractivity contribution in [3.63, 3.8) is 0 Å². The summed E-state index contributed by atoms with van der Waals surface area (Å²) in [7, 11) is -4.59. The van der Waals surface area contributed by atoms with Crippen molar-refractivity contribution in [2.75, 3.05) is 0 Å². The summed E-state index contributed by atoms with van der Waals surface area (Å²) in [6.07, 6.45) is 0. The molecular weight excluding hydrogens is 203 g/mol. The Kier molecular flexibility index (Phi) is 2.67. The maximum Gasteiger partial charge on any atom is 0.332 e. The van der Waals surface area contributed by atoms with Crippen molar-refractivity contribution in [1.82, 2.24) is 0 Å². The maximum atomic E-state index is 12.7. The molecule has 0 saturated heterocycles. The quantitative estimate of drug-likeness (QED) is 0.676. The van der Waals surface area contributed by atoms with Gasteiger partial charge in [0.1, 0.15) is 0 Å². The van der Waals surface area contributed by atoms with Crippen LogP contribution in [0.4, 0.5) is 3.89 Å². The van der Waals surface area contributed by atoms with E-state index in [2.05, 4.69) is 0 Å². The second kappa shape index (κ2) is 3.35. The fourth-order valence-corrected chi connectivity index (χ4v) is 1.62. The molecule has 0 aliphatic carbocycles. The molecule has 0 aliphatic heterocycles. The molecule has 0 unspecified atom stereocenters. The molecule has 0 N–H and O–H groups in total. The highest BCUT2D eigenvalue weighted by Gasteiger charge is 2.17. The zero-order valence-electron chi connectivity index (χ0n) is 8.41. The predicted octanol–water partition coefficient (Wildman–Crippen LogP) is 2.64. The number of hydrogen-bond donors (Lipinski definition) is 0. The smallest absolute Gasteiger partial charge is 0.189 e. The largest absolute Gasteiger partial charge is 0.332 e. The Morgan fingerprint density at radius 3 is 2.21 bits per heavy atom. The Hall–Kier alpha value is -0.900. The summed E-state index contributed by atoms with van der Waals surface area (Å²) < 4.78 is 34.0. The monoisotopic (exact) mass is 216 g/mol. The number of halogens is 1. The number of benzene rings is 1. The van der Waals surface area contributed by atoms with Crippen molar-refractivity contribution < 1.29 is 12.3 Å².